The van der Waals surface area contributed by atoms with E-state index in [1.807, 2.05) is 6.92 Å². The summed E-state index contributed by atoms with van der Waals surface area (Å²) in [5, 5.41) is 15.4. The van der Waals surface area contributed by atoms with Gasteiger partial charge in [0, 0.05) is 31.8 Å². The Morgan fingerprint density at radius 3 is 2.88 bits per heavy atom. The number of halogens is 1. The van der Waals surface area contributed by atoms with Crippen LogP contribution in [0.15, 0.2) is 36.5 Å². The number of rotatable bonds is 6. The second-order valence-corrected chi connectivity index (χ2v) is 6.10. The van der Waals surface area contributed by atoms with Crippen LogP contribution in [0.1, 0.15) is 22.3 Å². The molecule has 3 rings (SSSR count). The maximum absolute atomic E-state index is 14.3. The molecule has 7 heteroatoms. The molecule has 0 unspecified atom stereocenters. The second-order valence-electron chi connectivity index (χ2n) is 6.10. The van der Waals surface area contributed by atoms with Gasteiger partial charge in [-0.3, -0.25) is 4.79 Å². The van der Waals surface area contributed by atoms with Gasteiger partial charge in [-0.1, -0.05) is 6.07 Å². The smallest absolute Gasteiger partial charge is 0.255 e. The average molecular weight is 356 g/mol. The van der Waals surface area contributed by atoms with Crippen molar-refractivity contribution in [3.63, 3.8) is 0 Å². The first kappa shape index (κ1) is 17.9. The molecule has 6 nitrogen and oxygen atoms in total. The number of pyridine rings is 1. The SMILES string of the molecule is Cc1ccc(Nc2c(C(=O)NCCCO)c3cccnc3n2C)c(F)c1. The minimum absolute atomic E-state index is 0.00292. The fraction of sp³-hybridized carbons (Fsp3) is 0.263. The fourth-order valence-corrected chi connectivity index (χ4v) is 2.86. The molecule has 2 aromatic heterocycles. The highest BCUT2D eigenvalue weighted by Gasteiger charge is 2.22. The second kappa shape index (κ2) is 7.53. The van der Waals surface area contributed by atoms with Crippen LogP contribution in [0.5, 0.6) is 0 Å². The average Bonchev–Trinajstić information content (AvgIpc) is 2.90. The highest BCUT2D eigenvalue weighted by Crippen LogP contribution is 2.31. The van der Waals surface area contributed by atoms with E-state index in [9.17, 15) is 9.18 Å². The molecule has 0 aliphatic carbocycles. The van der Waals surface area contributed by atoms with Crippen molar-refractivity contribution >= 4 is 28.4 Å². The molecule has 0 radical (unpaired) electrons. The number of hydrogen-bond acceptors (Lipinski definition) is 4. The van der Waals surface area contributed by atoms with Crippen molar-refractivity contribution in [2.24, 2.45) is 7.05 Å². The summed E-state index contributed by atoms with van der Waals surface area (Å²) in [4.78, 5) is 17.1. The molecule has 3 aromatic rings. The zero-order valence-electron chi connectivity index (χ0n) is 14.7. The number of aromatic nitrogens is 2. The van der Waals surface area contributed by atoms with Gasteiger partial charge in [0.15, 0.2) is 0 Å². The minimum Gasteiger partial charge on any atom is -0.396 e. The molecular formula is C19H21FN4O2. The lowest BCUT2D eigenvalue weighted by Gasteiger charge is -2.12. The lowest BCUT2D eigenvalue weighted by atomic mass is 10.1. The van der Waals surface area contributed by atoms with Crippen LogP contribution in [0.3, 0.4) is 0 Å². The van der Waals surface area contributed by atoms with Crippen LogP contribution in [-0.2, 0) is 7.05 Å². The molecule has 3 N–H and O–H groups in total. The summed E-state index contributed by atoms with van der Waals surface area (Å²) in [7, 11) is 1.77. The van der Waals surface area contributed by atoms with Gasteiger partial charge in [-0.15, -0.1) is 0 Å². The van der Waals surface area contributed by atoms with Crippen molar-refractivity contribution in [1.29, 1.82) is 0 Å². The first-order chi connectivity index (χ1) is 12.5. The van der Waals surface area contributed by atoms with Crippen molar-refractivity contribution in [3.8, 4) is 0 Å². The molecule has 2 heterocycles. The van der Waals surface area contributed by atoms with Crippen molar-refractivity contribution in [3.05, 3.63) is 53.5 Å². The number of nitrogens with zero attached hydrogens (tertiary/aromatic N) is 2. The van der Waals surface area contributed by atoms with Crippen LogP contribution in [0, 0.1) is 12.7 Å². The predicted octanol–water partition coefficient (Wildman–Crippen LogP) is 2.88. The number of hydrogen-bond donors (Lipinski definition) is 3. The summed E-state index contributed by atoms with van der Waals surface area (Å²) in [5.74, 6) is -0.232. The number of carbonyl (C=O) groups excluding carboxylic acids is 1. The largest absolute Gasteiger partial charge is 0.396 e. The lowest BCUT2D eigenvalue weighted by molar-refractivity contribution is 0.0953. The Bertz CT molecular complexity index is 952. The molecule has 0 saturated heterocycles. The first-order valence-electron chi connectivity index (χ1n) is 8.38. The molecule has 0 bridgehead atoms. The van der Waals surface area contributed by atoms with Crippen molar-refractivity contribution in [2.75, 3.05) is 18.5 Å². The fourth-order valence-electron chi connectivity index (χ4n) is 2.86. The predicted molar refractivity (Wildman–Crippen MR) is 99.2 cm³/mol. The zero-order valence-corrected chi connectivity index (χ0v) is 14.7. The van der Waals surface area contributed by atoms with E-state index < -0.39 is 5.82 Å². The monoisotopic (exact) mass is 356 g/mol. The number of carbonyl (C=O) groups is 1. The third kappa shape index (κ3) is 3.39. The third-order valence-corrected chi connectivity index (χ3v) is 4.17. The molecule has 0 aliphatic rings. The highest BCUT2D eigenvalue weighted by molar-refractivity contribution is 6.11. The highest BCUT2D eigenvalue weighted by atomic mass is 19.1. The van der Waals surface area contributed by atoms with Gasteiger partial charge < -0.3 is 20.3 Å². The van der Waals surface area contributed by atoms with Gasteiger partial charge in [0.1, 0.15) is 17.3 Å². The van der Waals surface area contributed by atoms with Gasteiger partial charge in [-0.2, -0.15) is 0 Å². The molecule has 1 aromatic carbocycles. The maximum atomic E-state index is 14.3. The molecular weight excluding hydrogens is 335 g/mol. The van der Waals surface area contributed by atoms with Crippen LogP contribution >= 0.6 is 0 Å². The Balaban J connectivity index is 2.06. The van der Waals surface area contributed by atoms with E-state index >= 15 is 0 Å². The summed E-state index contributed by atoms with van der Waals surface area (Å²) in [6.07, 6.45) is 2.11. The Labute approximate surface area is 150 Å². The Morgan fingerprint density at radius 2 is 2.15 bits per heavy atom. The van der Waals surface area contributed by atoms with E-state index in [2.05, 4.69) is 15.6 Å². The van der Waals surface area contributed by atoms with E-state index in [0.717, 1.165) is 5.56 Å². The van der Waals surface area contributed by atoms with E-state index in [1.54, 1.807) is 42.1 Å². The van der Waals surface area contributed by atoms with Crippen LogP contribution in [0.4, 0.5) is 15.9 Å². The topological polar surface area (TPSA) is 79.2 Å². The summed E-state index contributed by atoms with van der Waals surface area (Å²) < 4.78 is 16.0. The number of anilines is 2. The Morgan fingerprint density at radius 1 is 1.35 bits per heavy atom. The quantitative estimate of drug-likeness (QED) is 0.594. The maximum Gasteiger partial charge on any atom is 0.255 e. The summed E-state index contributed by atoms with van der Waals surface area (Å²) in [5.41, 5.74) is 2.11. The van der Waals surface area contributed by atoms with Crippen molar-refractivity contribution < 1.29 is 14.3 Å². The van der Waals surface area contributed by atoms with E-state index in [4.69, 9.17) is 5.11 Å². The van der Waals surface area contributed by atoms with Crippen LogP contribution in [0.25, 0.3) is 11.0 Å². The van der Waals surface area contributed by atoms with Gasteiger partial charge in [0.05, 0.1) is 11.3 Å². The normalized spacial score (nSPS) is 10.9. The summed E-state index contributed by atoms with van der Waals surface area (Å²) in [6.45, 7) is 2.16. The van der Waals surface area contributed by atoms with Gasteiger partial charge in [0.25, 0.3) is 5.91 Å². The molecule has 0 fully saturated rings. The van der Waals surface area contributed by atoms with Crippen LogP contribution in [-0.4, -0.2) is 33.7 Å². The number of nitrogens with one attached hydrogen (secondary N) is 2. The Kier molecular flexibility index (Phi) is 5.18. The zero-order chi connectivity index (χ0) is 18.7. The van der Waals surface area contributed by atoms with Gasteiger partial charge in [-0.05, 0) is 43.2 Å². The minimum atomic E-state index is -0.394. The number of fused-ring (bicyclic) bond motifs is 1. The molecule has 0 atom stereocenters. The molecule has 136 valence electrons. The van der Waals surface area contributed by atoms with Gasteiger partial charge in [-0.25, -0.2) is 9.37 Å². The van der Waals surface area contributed by atoms with Crippen molar-refractivity contribution in [2.45, 2.75) is 13.3 Å². The van der Waals surface area contributed by atoms with Gasteiger partial charge >= 0.3 is 0 Å². The lowest BCUT2D eigenvalue weighted by Crippen LogP contribution is -2.25. The molecule has 26 heavy (non-hydrogen) atoms. The summed E-state index contributed by atoms with van der Waals surface area (Å²) in [6, 6.07) is 8.43. The van der Waals surface area contributed by atoms with Crippen LogP contribution < -0.4 is 10.6 Å². The molecule has 0 aliphatic heterocycles. The number of benzene rings is 1. The molecule has 0 spiro atoms. The van der Waals surface area contributed by atoms with E-state index in [1.165, 1.54) is 6.07 Å². The molecule has 1 amide bonds. The van der Waals surface area contributed by atoms with Gasteiger partial charge in [0.2, 0.25) is 0 Å². The number of aliphatic hydroxyl groups is 1. The van der Waals surface area contributed by atoms with Crippen molar-refractivity contribution in [1.82, 2.24) is 14.9 Å². The first-order valence-corrected chi connectivity index (χ1v) is 8.38. The number of amides is 1. The third-order valence-electron chi connectivity index (χ3n) is 4.17. The standard InChI is InChI=1S/C19H21FN4O2/c1-12-6-7-15(14(20)11-12)23-18-16(19(26)22-9-4-10-25)13-5-3-8-21-17(13)24(18)2/h3,5-8,11,23,25H,4,9-10H2,1-2H3,(H,22,26). The Hall–Kier alpha value is -2.93. The number of aliphatic hydroxyl groups excluding tert-OH is 1. The van der Waals surface area contributed by atoms with E-state index in [-0.39, 0.29) is 18.2 Å². The van der Waals surface area contributed by atoms with E-state index in [0.29, 0.717) is 35.4 Å². The molecule has 0 saturated carbocycles. The summed E-state index contributed by atoms with van der Waals surface area (Å²) >= 11 is 0. The number of aryl methyl sites for hydroxylation is 2. The van der Waals surface area contributed by atoms with Crippen LogP contribution in [0.2, 0.25) is 0 Å².